The Morgan fingerprint density at radius 3 is 2.33 bits per heavy atom. The summed E-state index contributed by atoms with van der Waals surface area (Å²) in [6.45, 7) is 11.8. The predicted octanol–water partition coefficient (Wildman–Crippen LogP) is 5.47. The highest BCUT2D eigenvalue weighted by Crippen LogP contribution is 2.65. The molecule has 3 heteroatoms. The highest BCUT2D eigenvalue weighted by atomic mass is 16.3. The number of hydrogen-bond acceptors (Lipinski definition) is 3. The van der Waals surface area contributed by atoms with Gasteiger partial charge in [0.05, 0.1) is 18.3 Å². The van der Waals surface area contributed by atoms with Gasteiger partial charge in [0.2, 0.25) is 0 Å². The minimum absolute atomic E-state index is 0.0425. The van der Waals surface area contributed by atoms with Crippen molar-refractivity contribution in [2.45, 2.75) is 117 Å². The summed E-state index contributed by atoms with van der Waals surface area (Å²) in [5.41, 5.74) is 2.67. The normalized spacial score (nSPS) is 47.1. The monoisotopic (exact) mass is 418 g/mol. The summed E-state index contributed by atoms with van der Waals surface area (Å²) in [5, 5.41) is 32.8. The minimum atomic E-state index is -0.433. The molecule has 3 saturated carbocycles. The van der Waals surface area contributed by atoms with E-state index >= 15 is 0 Å². The van der Waals surface area contributed by atoms with E-state index < -0.39 is 6.10 Å². The van der Waals surface area contributed by atoms with Gasteiger partial charge < -0.3 is 15.3 Å². The van der Waals surface area contributed by atoms with Crippen LogP contribution >= 0.6 is 0 Å². The lowest BCUT2D eigenvalue weighted by Crippen LogP contribution is -2.52. The molecule has 3 N–H and O–H groups in total. The molecule has 3 fully saturated rings. The molecule has 2 unspecified atom stereocenters. The largest absolute Gasteiger partial charge is 0.393 e. The molecule has 0 amide bonds. The Balaban J connectivity index is 1.63. The van der Waals surface area contributed by atoms with Crippen molar-refractivity contribution in [2.24, 2.45) is 40.4 Å². The number of hydrogen-bond donors (Lipinski definition) is 3. The van der Waals surface area contributed by atoms with Crippen LogP contribution in [0.1, 0.15) is 98.8 Å². The summed E-state index contributed by atoms with van der Waals surface area (Å²) in [6, 6.07) is 0. The van der Waals surface area contributed by atoms with Crippen molar-refractivity contribution in [3.8, 4) is 0 Å². The van der Waals surface area contributed by atoms with Crippen LogP contribution in [0.25, 0.3) is 0 Å². The number of fused-ring (bicyclic) bond motifs is 4. The fraction of sp³-hybridized carbons (Fsp3) is 0.926. The first-order valence-electron chi connectivity index (χ1n) is 12.9. The first-order valence-corrected chi connectivity index (χ1v) is 12.9. The zero-order chi connectivity index (χ0) is 21.8. The van der Waals surface area contributed by atoms with E-state index in [4.69, 9.17) is 0 Å². The Kier molecular flexibility index (Phi) is 6.23. The second-order valence-corrected chi connectivity index (χ2v) is 12.4. The minimum Gasteiger partial charge on any atom is -0.393 e. The van der Waals surface area contributed by atoms with Crippen molar-refractivity contribution in [1.82, 2.24) is 0 Å². The highest BCUT2D eigenvalue weighted by Gasteiger charge is 2.59. The Hall–Kier alpha value is -0.380. The molecule has 4 aliphatic carbocycles. The third kappa shape index (κ3) is 3.61. The summed E-state index contributed by atoms with van der Waals surface area (Å²) in [6.07, 6.45) is 9.49. The van der Waals surface area contributed by atoms with Gasteiger partial charge in [-0.25, -0.2) is 0 Å². The molecule has 30 heavy (non-hydrogen) atoms. The predicted molar refractivity (Wildman–Crippen MR) is 122 cm³/mol. The number of aliphatic hydroxyl groups is 3. The van der Waals surface area contributed by atoms with Crippen LogP contribution in [0.15, 0.2) is 11.1 Å². The third-order valence-corrected chi connectivity index (χ3v) is 10.2. The van der Waals surface area contributed by atoms with Gasteiger partial charge in [0.1, 0.15) is 0 Å². The third-order valence-electron chi connectivity index (χ3n) is 10.2. The fourth-order valence-electron chi connectivity index (χ4n) is 8.45. The molecule has 0 aromatic rings. The van der Waals surface area contributed by atoms with E-state index in [-0.39, 0.29) is 23.0 Å². The van der Waals surface area contributed by atoms with Crippen LogP contribution in [0, 0.1) is 40.4 Å². The van der Waals surface area contributed by atoms with E-state index in [9.17, 15) is 15.3 Å². The van der Waals surface area contributed by atoms with Gasteiger partial charge in [-0.05, 0) is 96.5 Å². The van der Waals surface area contributed by atoms with Crippen LogP contribution in [-0.4, -0.2) is 33.6 Å². The molecular weight excluding hydrogens is 372 g/mol. The number of aliphatic hydroxyl groups excluding tert-OH is 3. The molecule has 4 aliphatic rings. The SMILES string of the molecule is CC(C)CCC[C@@H](C)[C@H]1CC(O)C2=C3C(O)C[C@H]4C[C@@H](O)CC[C@]4(C)[C@H]3CC[C@@]21C. The Morgan fingerprint density at radius 1 is 0.900 bits per heavy atom. The second-order valence-electron chi connectivity index (χ2n) is 12.4. The van der Waals surface area contributed by atoms with E-state index in [2.05, 4.69) is 34.6 Å². The first kappa shape index (κ1) is 22.8. The van der Waals surface area contributed by atoms with Gasteiger partial charge in [-0.3, -0.25) is 0 Å². The van der Waals surface area contributed by atoms with Crippen molar-refractivity contribution in [1.29, 1.82) is 0 Å². The standard InChI is InChI=1S/C27H46O3/c1-16(2)7-6-8-17(3)21-15-23(30)25-24-20(10-12-27(21,25)5)26(4)11-9-19(28)13-18(26)14-22(24)29/h16-23,28-30H,6-15H2,1-5H3/t17-,18-,19+,20+,21-,22?,23?,26+,27-/m1/s1. The van der Waals surface area contributed by atoms with E-state index in [1.807, 2.05) is 0 Å². The quantitative estimate of drug-likeness (QED) is 0.519. The highest BCUT2D eigenvalue weighted by molar-refractivity contribution is 5.39. The molecule has 172 valence electrons. The van der Waals surface area contributed by atoms with Gasteiger partial charge in [0, 0.05) is 0 Å². The van der Waals surface area contributed by atoms with E-state index in [0.29, 0.717) is 23.7 Å². The maximum absolute atomic E-state index is 11.3. The van der Waals surface area contributed by atoms with Crippen LogP contribution in [0.5, 0.6) is 0 Å². The summed E-state index contributed by atoms with van der Waals surface area (Å²) < 4.78 is 0. The van der Waals surface area contributed by atoms with Gasteiger partial charge in [0.25, 0.3) is 0 Å². The average molecular weight is 419 g/mol. The Labute approximate surface area is 184 Å². The smallest absolute Gasteiger partial charge is 0.0762 e. The molecule has 0 radical (unpaired) electrons. The molecule has 0 heterocycles. The molecule has 9 atom stereocenters. The average Bonchev–Trinajstić information content (AvgIpc) is 2.94. The molecule has 3 nitrogen and oxygen atoms in total. The molecular formula is C27H46O3. The van der Waals surface area contributed by atoms with Crippen molar-refractivity contribution in [3.05, 3.63) is 11.1 Å². The van der Waals surface area contributed by atoms with Crippen molar-refractivity contribution >= 4 is 0 Å². The van der Waals surface area contributed by atoms with Crippen LogP contribution < -0.4 is 0 Å². The van der Waals surface area contributed by atoms with Gasteiger partial charge in [-0.15, -0.1) is 0 Å². The lowest BCUT2D eigenvalue weighted by atomic mass is 9.48. The Morgan fingerprint density at radius 2 is 1.63 bits per heavy atom. The molecule has 4 rings (SSSR count). The summed E-state index contributed by atoms with van der Waals surface area (Å²) in [4.78, 5) is 0. The first-order chi connectivity index (χ1) is 14.1. The maximum Gasteiger partial charge on any atom is 0.0762 e. The van der Waals surface area contributed by atoms with Crippen LogP contribution in [0.3, 0.4) is 0 Å². The maximum atomic E-state index is 11.3. The lowest BCUT2D eigenvalue weighted by molar-refractivity contribution is -0.0671. The van der Waals surface area contributed by atoms with Gasteiger partial charge in [-0.2, -0.15) is 0 Å². The van der Waals surface area contributed by atoms with Gasteiger partial charge in [-0.1, -0.05) is 53.9 Å². The molecule has 0 bridgehead atoms. The second kappa shape index (κ2) is 8.19. The number of rotatable bonds is 5. The van der Waals surface area contributed by atoms with Crippen molar-refractivity contribution < 1.29 is 15.3 Å². The molecule has 0 spiro atoms. The van der Waals surface area contributed by atoms with E-state index in [1.54, 1.807) is 0 Å². The van der Waals surface area contributed by atoms with Crippen molar-refractivity contribution in [3.63, 3.8) is 0 Å². The Bertz CT molecular complexity index is 669. The van der Waals surface area contributed by atoms with Gasteiger partial charge >= 0.3 is 0 Å². The van der Waals surface area contributed by atoms with E-state index in [0.717, 1.165) is 50.9 Å². The fourth-order valence-corrected chi connectivity index (χ4v) is 8.45. The van der Waals surface area contributed by atoms with Crippen LogP contribution in [-0.2, 0) is 0 Å². The molecule has 0 saturated heterocycles. The van der Waals surface area contributed by atoms with E-state index in [1.165, 1.54) is 30.4 Å². The van der Waals surface area contributed by atoms with Crippen molar-refractivity contribution in [2.75, 3.05) is 0 Å². The molecule has 0 aromatic carbocycles. The summed E-state index contributed by atoms with van der Waals surface area (Å²) >= 11 is 0. The summed E-state index contributed by atoms with van der Waals surface area (Å²) in [5.74, 6) is 2.68. The zero-order valence-electron chi connectivity index (χ0n) is 20.0. The summed E-state index contributed by atoms with van der Waals surface area (Å²) in [7, 11) is 0. The van der Waals surface area contributed by atoms with Gasteiger partial charge in [0.15, 0.2) is 0 Å². The lowest BCUT2D eigenvalue weighted by Gasteiger charge is -2.58. The van der Waals surface area contributed by atoms with Crippen LogP contribution in [0.4, 0.5) is 0 Å². The zero-order valence-corrected chi connectivity index (χ0v) is 20.0. The molecule has 0 aliphatic heterocycles. The molecule has 0 aromatic heterocycles. The topological polar surface area (TPSA) is 60.7 Å². The van der Waals surface area contributed by atoms with Crippen LogP contribution in [0.2, 0.25) is 0 Å².